The second kappa shape index (κ2) is 3.81. The van der Waals surface area contributed by atoms with Crippen molar-refractivity contribution in [3.05, 3.63) is 36.5 Å². The van der Waals surface area contributed by atoms with Crippen LogP contribution in [0, 0.1) is 0 Å². The van der Waals surface area contributed by atoms with E-state index in [4.69, 9.17) is 5.73 Å². The molecule has 2 heteroatoms. The molecular weight excluding hydrogens is 148 g/mol. The molecule has 0 aliphatic rings. The maximum Gasteiger partial charge on any atom is 0.0615 e. The van der Waals surface area contributed by atoms with Gasteiger partial charge < -0.3 is 11.1 Å². The van der Waals surface area contributed by atoms with Crippen LogP contribution in [0.15, 0.2) is 36.5 Å². The molecule has 0 aromatic heterocycles. The van der Waals surface area contributed by atoms with Gasteiger partial charge in [-0.25, -0.2) is 0 Å². The summed E-state index contributed by atoms with van der Waals surface area (Å²) in [6, 6.07) is 7.66. The molecule has 0 saturated heterocycles. The predicted octanol–water partition coefficient (Wildman–Crippen LogP) is 2.60. The van der Waals surface area contributed by atoms with Crippen molar-refractivity contribution in [3.63, 3.8) is 0 Å². The Morgan fingerprint density at radius 2 is 2.17 bits per heavy atom. The van der Waals surface area contributed by atoms with Crippen molar-refractivity contribution in [2.45, 2.75) is 13.3 Å². The van der Waals surface area contributed by atoms with E-state index in [1.165, 1.54) is 0 Å². The van der Waals surface area contributed by atoms with Crippen molar-refractivity contribution in [2.75, 3.05) is 11.1 Å². The number of nitrogens with one attached hydrogen (secondary N) is 1. The van der Waals surface area contributed by atoms with Crippen LogP contribution >= 0.6 is 0 Å². The summed E-state index contributed by atoms with van der Waals surface area (Å²) in [5.74, 6) is 0. The molecule has 1 aromatic rings. The number of anilines is 2. The summed E-state index contributed by atoms with van der Waals surface area (Å²) in [6.07, 6.45) is 0.911. The van der Waals surface area contributed by atoms with Gasteiger partial charge in [0.15, 0.2) is 0 Å². The SMILES string of the molecule is C=C(CC)Nc1ccccc1N. The van der Waals surface area contributed by atoms with Crippen LogP contribution in [-0.2, 0) is 0 Å². The molecule has 0 aliphatic heterocycles. The molecule has 1 rings (SSSR count). The molecule has 0 saturated carbocycles. The molecule has 0 spiro atoms. The van der Waals surface area contributed by atoms with Gasteiger partial charge in [0, 0.05) is 5.70 Å². The molecule has 0 radical (unpaired) electrons. The molecule has 0 heterocycles. The molecule has 2 nitrogen and oxygen atoms in total. The van der Waals surface area contributed by atoms with Gasteiger partial charge in [-0.05, 0) is 18.6 Å². The lowest BCUT2D eigenvalue weighted by molar-refractivity contribution is 1.12. The standard InChI is InChI=1S/C10H14N2/c1-3-8(2)12-10-7-5-4-6-9(10)11/h4-7,12H,2-3,11H2,1H3. The number of para-hydroxylation sites is 2. The molecule has 0 fully saturated rings. The quantitative estimate of drug-likeness (QED) is 0.670. The lowest BCUT2D eigenvalue weighted by atomic mass is 10.2. The van der Waals surface area contributed by atoms with Gasteiger partial charge in [-0.15, -0.1) is 0 Å². The van der Waals surface area contributed by atoms with Crippen molar-refractivity contribution >= 4 is 11.4 Å². The zero-order chi connectivity index (χ0) is 8.97. The molecule has 0 amide bonds. The second-order valence-corrected chi connectivity index (χ2v) is 2.67. The molecule has 0 atom stereocenters. The topological polar surface area (TPSA) is 38.0 Å². The molecule has 0 unspecified atom stereocenters. The van der Waals surface area contributed by atoms with Gasteiger partial charge in [-0.2, -0.15) is 0 Å². The first-order valence-corrected chi connectivity index (χ1v) is 4.03. The average molecular weight is 162 g/mol. The van der Waals surface area contributed by atoms with Crippen molar-refractivity contribution in [2.24, 2.45) is 0 Å². The molecule has 0 bridgehead atoms. The number of nitrogens with two attached hydrogens (primary N) is 1. The Hall–Kier alpha value is -1.44. The van der Waals surface area contributed by atoms with E-state index in [-0.39, 0.29) is 0 Å². The van der Waals surface area contributed by atoms with Gasteiger partial charge in [0.25, 0.3) is 0 Å². The summed E-state index contributed by atoms with van der Waals surface area (Å²) in [7, 11) is 0. The third-order valence-electron chi connectivity index (χ3n) is 1.70. The number of rotatable bonds is 3. The van der Waals surface area contributed by atoms with Crippen LogP contribution in [-0.4, -0.2) is 0 Å². The fourth-order valence-corrected chi connectivity index (χ4v) is 0.890. The highest BCUT2D eigenvalue weighted by molar-refractivity contribution is 5.67. The van der Waals surface area contributed by atoms with Crippen LogP contribution in [0.4, 0.5) is 11.4 Å². The molecule has 64 valence electrons. The summed E-state index contributed by atoms with van der Waals surface area (Å²) < 4.78 is 0. The van der Waals surface area contributed by atoms with E-state index in [0.717, 1.165) is 23.5 Å². The van der Waals surface area contributed by atoms with Crippen LogP contribution < -0.4 is 11.1 Å². The second-order valence-electron chi connectivity index (χ2n) is 2.67. The molecule has 3 N–H and O–H groups in total. The van der Waals surface area contributed by atoms with E-state index in [1.54, 1.807) is 0 Å². The highest BCUT2D eigenvalue weighted by atomic mass is 14.9. The van der Waals surface area contributed by atoms with Gasteiger partial charge in [0.2, 0.25) is 0 Å². The Kier molecular flexibility index (Phi) is 2.75. The monoisotopic (exact) mass is 162 g/mol. The zero-order valence-electron chi connectivity index (χ0n) is 7.30. The lowest BCUT2D eigenvalue weighted by Gasteiger charge is -2.09. The summed E-state index contributed by atoms with van der Waals surface area (Å²) in [4.78, 5) is 0. The molecular formula is C10H14N2. The first-order chi connectivity index (χ1) is 5.74. The predicted molar refractivity (Wildman–Crippen MR) is 53.9 cm³/mol. The highest BCUT2D eigenvalue weighted by Gasteiger charge is 1.96. The fourth-order valence-electron chi connectivity index (χ4n) is 0.890. The van der Waals surface area contributed by atoms with E-state index in [2.05, 4.69) is 18.8 Å². The Bertz CT molecular complexity index is 279. The van der Waals surface area contributed by atoms with Crippen LogP contribution in [0.3, 0.4) is 0 Å². The maximum absolute atomic E-state index is 5.72. The number of benzene rings is 1. The van der Waals surface area contributed by atoms with Crippen LogP contribution in [0.2, 0.25) is 0 Å². The van der Waals surface area contributed by atoms with Crippen LogP contribution in [0.5, 0.6) is 0 Å². The minimum atomic E-state index is 0.757. The smallest absolute Gasteiger partial charge is 0.0615 e. The van der Waals surface area contributed by atoms with Gasteiger partial charge in [-0.1, -0.05) is 25.6 Å². The van der Waals surface area contributed by atoms with Gasteiger partial charge in [0.1, 0.15) is 0 Å². The summed E-state index contributed by atoms with van der Waals surface area (Å²) in [6.45, 7) is 5.89. The molecule has 1 aromatic carbocycles. The van der Waals surface area contributed by atoms with E-state index in [0.29, 0.717) is 0 Å². The third kappa shape index (κ3) is 2.02. The highest BCUT2D eigenvalue weighted by Crippen LogP contribution is 2.18. The van der Waals surface area contributed by atoms with E-state index in [9.17, 15) is 0 Å². The summed E-state index contributed by atoms with van der Waals surface area (Å²) >= 11 is 0. The summed E-state index contributed by atoms with van der Waals surface area (Å²) in [5, 5.41) is 3.14. The van der Waals surface area contributed by atoms with Gasteiger partial charge >= 0.3 is 0 Å². The molecule has 0 aliphatic carbocycles. The van der Waals surface area contributed by atoms with E-state index in [1.807, 2.05) is 24.3 Å². The van der Waals surface area contributed by atoms with Crippen molar-refractivity contribution in [3.8, 4) is 0 Å². The largest absolute Gasteiger partial charge is 0.397 e. The Morgan fingerprint density at radius 3 is 2.75 bits per heavy atom. The van der Waals surface area contributed by atoms with Crippen molar-refractivity contribution in [1.29, 1.82) is 0 Å². The Morgan fingerprint density at radius 1 is 1.50 bits per heavy atom. The minimum Gasteiger partial charge on any atom is -0.397 e. The number of hydrogen-bond acceptors (Lipinski definition) is 2. The van der Waals surface area contributed by atoms with Gasteiger partial charge in [-0.3, -0.25) is 0 Å². The maximum atomic E-state index is 5.72. The Labute approximate surface area is 73.1 Å². The van der Waals surface area contributed by atoms with Crippen LogP contribution in [0.1, 0.15) is 13.3 Å². The number of hydrogen-bond donors (Lipinski definition) is 2. The van der Waals surface area contributed by atoms with E-state index < -0.39 is 0 Å². The van der Waals surface area contributed by atoms with Crippen LogP contribution in [0.25, 0.3) is 0 Å². The van der Waals surface area contributed by atoms with E-state index >= 15 is 0 Å². The zero-order valence-corrected chi connectivity index (χ0v) is 7.30. The van der Waals surface area contributed by atoms with Crippen molar-refractivity contribution < 1.29 is 0 Å². The van der Waals surface area contributed by atoms with Crippen molar-refractivity contribution in [1.82, 2.24) is 0 Å². The lowest BCUT2D eigenvalue weighted by Crippen LogP contribution is -1.99. The van der Waals surface area contributed by atoms with Gasteiger partial charge in [0.05, 0.1) is 11.4 Å². The molecule has 12 heavy (non-hydrogen) atoms. The summed E-state index contributed by atoms with van der Waals surface area (Å²) in [5.41, 5.74) is 8.39. The first kappa shape index (κ1) is 8.65. The minimum absolute atomic E-state index is 0.757. The number of allylic oxidation sites excluding steroid dienone is 1. The fraction of sp³-hybridized carbons (Fsp3) is 0.200. The third-order valence-corrected chi connectivity index (χ3v) is 1.70. The normalized spacial score (nSPS) is 9.42. The average Bonchev–Trinajstić information content (AvgIpc) is 2.09. The Balaban J connectivity index is 2.75. The number of nitrogen functional groups attached to an aromatic ring is 1. The first-order valence-electron chi connectivity index (χ1n) is 4.03.